The van der Waals surface area contributed by atoms with E-state index in [2.05, 4.69) is 0 Å². The Balaban J connectivity index is 3.05. The van der Waals surface area contributed by atoms with Crippen LogP contribution in [0.5, 0.6) is 0 Å². The standard InChI is InChI=1S/C4H5ClO2S/c5-1-2-8-3-4(6)7/h1-2H,3H2,(H,6,7)/b2-1+. The van der Waals surface area contributed by atoms with Gasteiger partial charge in [0.15, 0.2) is 0 Å². The van der Waals surface area contributed by atoms with Crippen LogP contribution in [0, 0.1) is 0 Å². The van der Waals surface area contributed by atoms with Crippen LogP contribution in [0.25, 0.3) is 0 Å². The van der Waals surface area contributed by atoms with Crippen LogP contribution in [0.3, 0.4) is 0 Å². The monoisotopic (exact) mass is 152 g/mol. The number of aliphatic carboxylic acids is 1. The van der Waals surface area contributed by atoms with Crippen molar-refractivity contribution < 1.29 is 9.90 Å². The molecule has 0 fully saturated rings. The first-order chi connectivity index (χ1) is 3.77. The lowest BCUT2D eigenvalue weighted by atomic mass is 10.8. The summed E-state index contributed by atoms with van der Waals surface area (Å²) in [5.74, 6) is -0.756. The molecule has 0 aromatic rings. The fraction of sp³-hybridized carbons (Fsp3) is 0.250. The van der Waals surface area contributed by atoms with E-state index in [0.29, 0.717) is 0 Å². The summed E-state index contributed by atoms with van der Waals surface area (Å²) >= 11 is 6.24. The Kier molecular flexibility index (Phi) is 4.90. The largest absolute Gasteiger partial charge is 0.481 e. The number of thioether (sulfide) groups is 1. The Bertz CT molecular complexity index is 102. The Hall–Kier alpha value is -0.150. The number of halogens is 1. The van der Waals surface area contributed by atoms with Gasteiger partial charge >= 0.3 is 5.97 Å². The van der Waals surface area contributed by atoms with Gasteiger partial charge in [0, 0.05) is 5.54 Å². The van der Waals surface area contributed by atoms with E-state index in [9.17, 15) is 4.79 Å². The molecular formula is C4H5ClO2S. The molecule has 0 aliphatic rings. The molecule has 0 saturated heterocycles. The molecule has 46 valence electrons. The van der Waals surface area contributed by atoms with E-state index in [0.717, 1.165) is 11.8 Å². The number of hydrogen-bond acceptors (Lipinski definition) is 2. The van der Waals surface area contributed by atoms with Gasteiger partial charge in [-0.25, -0.2) is 0 Å². The van der Waals surface area contributed by atoms with Gasteiger partial charge in [0.1, 0.15) is 0 Å². The molecule has 0 unspecified atom stereocenters. The van der Waals surface area contributed by atoms with Crippen molar-refractivity contribution in [1.29, 1.82) is 0 Å². The quantitative estimate of drug-likeness (QED) is 0.666. The Labute approximate surface area is 56.5 Å². The molecule has 0 aliphatic heterocycles. The van der Waals surface area contributed by atoms with Gasteiger partial charge < -0.3 is 5.11 Å². The molecule has 0 aliphatic carbocycles. The Morgan fingerprint density at radius 2 is 2.50 bits per heavy atom. The highest BCUT2D eigenvalue weighted by Crippen LogP contribution is 2.00. The average Bonchev–Trinajstić information content (AvgIpc) is 1.66. The van der Waals surface area contributed by atoms with Crippen molar-refractivity contribution in [3.8, 4) is 0 Å². The van der Waals surface area contributed by atoms with E-state index < -0.39 is 5.97 Å². The number of carboxylic acids is 1. The molecule has 0 aromatic carbocycles. The predicted molar refractivity (Wildman–Crippen MR) is 35.1 cm³/mol. The fourth-order valence-electron chi connectivity index (χ4n) is 0.156. The summed E-state index contributed by atoms with van der Waals surface area (Å²) in [7, 11) is 0. The summed E-state index contributed by atoms with van der Waals surface area (Å²) in [4.78, 5) is 9.78. The zero-order chi connectivity index (χ0) is 6.41. The smallest absolute Gasteiger partial charge is 0.313 e. The molecule has 0 rings (SSSR count). The molecule has 0 saturated carbocycles. The second-order valence-electron chi connectivity index (χ2n) is 0.967. The third-order valence-electron chi connectivity index (χ3n) is 0.354. The van der Waals surface area contributed by atoms with Crippen molar-refractivity contribution in [1.82, 2.24) is 0 Å². The van der Waals surface area contributed by atoms with E-state index in [1.165, 1.54) is 10.9 Å². The third kappa shape index (κ3) is 5.85. The van der Waals surface area contributed by atoms with Crippen LogP contribution in [0.2, 0.25) is 0 Å². The lowest BCUT2D eigenvalue weighted by molar-refractivity contribution is -0.133. The first-order valence-corrected chi connectivity index (χ1v) is 3.34. The maximum atomic E-state index is 9.78. The molecular weight excluding hydrogens is 148 g/mol. The van der Waals surface area contributed by atoms with Gasteiger partial charge in [0.05, 0.1) is 5.75 Å². The molecule has 4 heteroatoms. The molecule has 0 aromatic heterocycles. The Morgan fingerprint density at radius 3 is 2.88 bits per heavy atom. The molecule has 8 heavy (non-hydrogen) atoms. The zero-order valence-electron chi connectivity index (χ0n) is 4.00. The molecule has 2 nitrogen and oxygen atoms in total. The molecule has 0 spiro atoms. The number of carbonyl (C=O) groups is 1. The van der Waals surface area contributed by atoms with E-state index >= 15 is 0 Å². The lowest BCUT2D eigenvalue weighted by Gasteiger charge is -1.83. The van der Waals surface area contributed by atoms with Crippen LogP contribution in [-0.4, -0.2) is 16.8 Å². The van der Waals surface area contributed by atoms with Crippen molar-refractivity contribution in [2.75, 3.05) is 5.75 Å². The number of rotatable bonds is 3. The number of hydrogen-bond donors (Lipinski definition) is 1. The normalized spacial score (nSPS) is 10.1. The highest BCUT2D eigenvalue weighted by molar-refractivity contribution is 8.02. The molecule has 0 heterocycles. The summed E-state index contributed by atoms with van der Waals surface area (Å²) in [5, 5.41) is 9.57. The summed E-state index contributed by atoms with van der Waals surface area (Å²) < 4.78 is 0. The number of carboxylic acid groups (broad SMARTS) is 1. The predicted octanol–water partition coefficient (Wildman–Crippen LogP) is 1.51. The van der Waals surface area contributed by atoms with Gasteiger partial charge in [-0.1, -0.05) is 11.6 Å². The zero-order valence-corrected chi connectivity index (χ0v) is 5.58. The van der Waals surface area contributed by atoms with Crippen LogP contribution >= 0.6 is 23.4 Å². The van der Waals surface area contributed by atoms with Crippen molar-refractivity contribution in [3.05, 3.63) is 10.9 Å². The minimum absolute atomic E-state index is 0.0726. The lowest BCUT2D eigenvalue weighted by Crippen LogP contribution is -1.95. The highest BCUT2D eigenvalue weighted by Gasteiger charge is 1.90. The average molecular weight is 153 g/mol. The van der Waals surface area contributed by atoms with Crippen molar-refractivity contribution in [2.24, 2.45) is 0 Å². The summed E-state index contributed by atoms with van der Waals surface area (Å²) in [6.07, 6.45) is 0. The maximum absolute atomic E-state index is 9.78. The van der Waals surface area contributed by atoms with Crippen LogP contribution in [0.1, 0.15) is 0 Å². The molecule has 0 atom stereocenters. The molecule has 0 radical (unpaired) electrons. The summed E-state index contributed by atoms with van der Waals surface area (Å²) in [6, 6.07) is 0. The van der Waals surface area contributed by atoms with Gasteiger partial charge in [0.2, 0.25) is 0 Å². The third-order valence-corrected chi connectivity index (χ3v) is 1.37. The van der Waals surface area contributed by atoms with Gasteiger partial charge in [-0.3, -0.25) is 4.79 Å². The van der Waals surface area contributed by atoms with E-state index in [4.69, 9.17) is 16.7 Å². The van der Waals surface area contributed by atoms with Gasteiger partial charge in [0.25, 0.3) is 0 Å². The van der Waals surface area contributed by atoms with Crippen LogP contribution in [0.15, 0.2) is 10.9 Å². The molecule has 1 N–H and O–H groups in total. The van der Waals surface area contributed by atoms with Crippen molar-refractivity contribution in [2.45, 2.75) is 0 Å². The Morgan fingerprint density at radius 1 is 1.88 bits per heavy atom. The topological polar surface area (TPSA) is 37.3 Å². The highest BCUT2D eigenvalue weighted by atomic mass is 35.5. The first-order valence-electron chi connectivity index (χ1n) is 1.86. The fourth-order valence-corrected chi connectivity index (χ4v) is 0.686. The van der Waals surface area contributed by atoms with Crippen molar-refractivity contribution in [3.63, 3.8) is 0 Å². The van der Waals surface area contributed by atoms with Crippen LogP contribution < -0.4 is 0 Å². The minimum Gasteiger partial charge on any atom is -0.481 e. The second kappa shape index (κ2) is 5.00. The van der Waals surface area contributed by atoms with E-state index in [1.807, 2.05) is 0 Å². The van der Waals surface area contributed by atoms with E-state index in [-0.39, 0.29) is 5.75 Å². The maximum Gasteiger partial charge on any atom is 0.313 e. The van der Waals surface area contributed by atoms with Crippen LogP contribution in [0.4, 0.5) is 0 Å². The summed E-state index contributed by atoms with van der Waals surface area (Å²) in [5.41, 5.74) is 1.29. The van der Waals surface area contributed by atoms with Gasteiger partial charge in [-0.2, -0.15) is 0 Å². The van der Waals surface area contributed by atoms with Crippen molar-refractivity contribution >= 4 is 29.3 Å². The molecule has 0 amide bonds. The van der Waals surface area contributed by atoms with E-state index in [1.54, 1.807) is 0 Å². The minimum atomic E-state index is -0.829. The first kappa shape index (κ1) is 7.85. The van der Waals surface area contributed by atoms with Gasteiger partial charge in [-0.15, -0.1) is 11.8 Å². The SMILES string of the molecule is O=C(O)CS/C=C/Cl. The summed E-state index contributed by atoms with van der Waals surface area (Å²) in [6.45, 7) is 0. The van der Waals surface area contributed by atoms with Gasteiger partial charge in [-0.05, 0) is 5.41 Å². The second-order valence-corrected chi connectivity index (χ2v) is 2.11. The molecule has 0 bridgehead atoms. The van der Waals surface area contributed by atoms with Crippen LogP contribution in [-0.2, 0) is 4.79 Å².